The molecule has 0 aromatic heterocycles. The number of aliphatic hydroxyl groups is 1. The van der Waals surface area contributed by atoms with Gasteiger partial charge in [-0.3, -0.25) is 4.90 Å². The van der Waals surface area contributed by atoms with Crippen LogP contribution in [-0.4, -0.2) is 62.3 Å². The van der Waals surface area contributed by atoms with Crippen molar-refractivity contribution >= 4 is 29.2 Å². The number of anilines is 1. The van der Waals surface area contributed by atoms with Gasteiger partial charge in [0, 0.05) is 43.6 Å². The minimum atomic E-state index is -0.563. The molecule has 0 saturated carbocycles. The molecule has 2 aromatic carbocycles. The van der Waals surface area contributed by atoms with Crippen molar-refractivity contribution in [3.63, 3.8) is 0 Å². The van der Waals surface area contributed by atoms with E-state index in [9.17, 15) is 5.11 Å². The number of hydrogen-bond acceptors (Lipinski definition) is 6. The molecule has 3 rings (SSSR count). The highest BCUT2D eigenvalue weighted by molar-refractivity contribution is 7.99. The van der Waals surface area contributed by atoms with Crippen LogP contribution in [0.3, 0.4) is 0 Å². The molecule has 1 aliphatic rings. The fourth-order valence-corrected chi connectivity index (χ4v) is 3.71. The number of rotatable bonds is 8. The average molecular weight is 423 g/mol. The van der Waals surface area contributed by atoms with E-state index in [1.165, 1.54) is 0 Å². The molecule has 0 bridgehead atoms. The Hall–Kier alpha value is -1.44. The summed E-state index contributed by atoms with van der Waals surface area (Å²) in [5.74, 6) is 0.760. The minimum absolute atomic E-state index is 0.0264. The fraction of sp³-hybridized carbons (Fsp3) is 0.429. The van der Waals surface area contributed by atoms with Crippen LogP contribution in [0.15, 0.2) is 48.5 Å². The Labute approximate surface area is 176 Å². The van der Waals surface area contributed by atoms with E-state index in [4.69, 9.17) is 21.1 Å². The van der Waals surface area contributed by atoms with E-state index in [1.807, 2.05) is 61.8 Å². The van der Waals surface area contributed by atoms with E-state index in [0.717, 1.165) is 30.1 Å². The summed E-state index contributed by atoms with van der Waals surface area (Å²) in [6.45, 7) is 2.97. The lowest BCUT2D eigenvalue weighted by molar-refractivity contribution is -0.0459. The summed E-state index contributed by atoms with van der Waals surface area (Å²) < 4.78 is 13.7. The van der Waals surface area contributed by atoms with Gasteiger partial charge >= 0.3 is 0 Å². The molecule has 5 nitrogen and oxygen atoms in total. The Morgan fingerprint density at radius 2 is 2.11 bits per heavy atom. The quantitative estimate of drug-likeness (QED) is 0.651. The van der Waals surface area contributed by atoms with E-state index in [2.05, 4.69) is 9.21 Å². The average Bonchev–Trinajstić information content (AvgIpc) is 2.72. The monoisotopic (exact) mass is 422 g/mol. The van der Waals surface area contributed by atoms with Gasteiger partial charge in [0.2, 0.25) is 0 Å². The molecule has 0 spiro atoms. The molecule has 0 radical (unpaired) electrons. The van der Waals surface area contributed by atoms with Gasteiger partial charge in [0.1, 0.15) is 18.5 Å². The maximum Gasteiger partial charge on any atom is 0.119 e. The smallest absolute Gasteiger partial charge is 0.119 e. The Morgan fingerprint density at radius 3 is 2.82 bits per heavy atom. The SMILES string of the molecule is CSN(C)c1ccc(OC[C@@H](O)CN2CCOC(c3cccc(Cl)c3)C2)cc1. The largest absolute Gasteiger partial charge is 0.491 e. The third kappa shape index (κ3) is 6.03. The Bertz CT molecular complexity index is 747. The number of ether oxygens (including phenoxy) is 2. The molecule has 2 atom stereocenters. The van der Waals surface area contributed by atoms with Crippen LogP contribution in [0.4, 0.5) is 5.69 Å². The fourth-order valence-electron chi connectivity index (χ4n) is 3.18. The molecular formula is C21H27ClN2O3S. The molecule has 28 heavy (non-hydrogen) atoms. The highest BCUT2D eigenvalue weighted by Crippen LogP contribution is 2.25. The zero-order chi connectivity index (χ0) is 19.9. The van der Waals surface area contributed by atoms with Gasteiger partial charge in [0.15, 0.2) is 0 Å². The van der Waals surface area contributed by atoms with Gasteiger partial charge in [-0.2, -0.15) is 0 Å². The van der Waals surface area contributed by atoms with Crippen LogP contribution in [0.5, 0.6) is 5.75 Å². The van der Waals surface area contributed by atoms with Crippen molar-refractivity contribution in [3.05, 3.63) is 59.1 Å². The third-order valence-electron chi connectivity index (χ3n) is 4.76. The zero-order valence-electron chi connectivity index (χ0n) is 16.3. The Morgan fingerprint density at radius 1 is 1.32 bits per heavy atom. The third-order valence-corrected chi connectivity index (χ3v) is 5.75. The van der Waals surface area contributed by atoms with E-state index in [-0.39, 0.29) is 12.7 Å². The summed E-state index contributed by atoms with van der Waals surface area (Å²) in [6, 6.07) is 15.6. The minimum Gasteiger partial charge on any atom is -0.491 e. The van der Waals surface area contributed by atoms with Crippen molar-refractivity contribution in [2.75, 3.05) is 50.5 Å². The normalized spacial score (nSPS) is 18.6. The molecule has 0 aliphatic carbocycles. The van der Waals surface area contributed by atoms with Crippen LogP contribution in [0.2, 0.25) is 5.02 Å². The summed E-state index contributed by atoms with van der Waals surface area (Å²) in [4.78, 5) is 2.21. The van der Waals surface area contributed by atoms with E-state index in [0.29, 0.717) is 18.2 Å². The highest BCUT2D eigenvalue weighted by atomic mass is 35.5. The van der Waals surface area contributed by atoms with Crippen LogP contribution >= 0.6 is 23.5 Å². The van der Waals surface area contributed by atoms with Gasteiger partial charge in [0.25, 0.3) is 0 Å². The molecule has 7 heteroatoms. The van der Waals surface area contributed by atoms with Gasteiger partial charge in [-0.1, -0.05) is 35.7 Å². The van der Waals surface area contributed by atoms with Gasteiger partial charge in [0.05, 0.1) is 12.7 Å². The highest BCUT2D eigenvalue weighted by Gasteiger charge is 2.24. The van der Waals surface area contributed by atoms with Crippen molar-refractivity contribution in [1.29, 1.82) is 0 Å². The standard InChI is InChI=1S/C21H27ClN2O3S/c1-23(28-2)18-6-8-20(9-7-18)27-15-19(25)13-24-10-11-26-21(14-24)16-4-3-5-17(22)12-16/h3-9,12,19,21,25H,10-11,13-15H2,1-2H3/t19-,21?/m0/s1. The maximum absolute atomic E-state index is 10.4. The first-order valence-electron chi connectivity index (χ1n) is 9.33. The van der Waals surface area contributed by atoms with Crippen molar-refractivity contribution in [3.8, 4) is 5.75 Å². The number of halogens is 1. The molecule has 1 aliphatic heterocycles. The molecule has 1 fully saturated rings. The number of nitrogens with zero attached hydrogens (tertiary/aromatic N) is 2. The lowest BCUT2D eigenvalue weighted by Crippen LogP contribution is -2.43. The molecule has 1 unspecified atom stereocenters. The first kappa shape index (κ1) is 21.3. The molecule has 152 valence electrons. The number of morpholine rings is 1. The number of hydrogen-bond donors (Lipinski definition) is 1. The lowest BCUT2D eigenvalue weighted by atomic mass is 10.1. The number of benzene rings is 2. The van der Waals surface area contributed by atoms with Crippen LogP contribution in [0, 0.1) is 0 Å². The molecule has 1 N–H and O–H groups in total. The maximum atomic E-state index is 10.4. The van der Waals surface area contributed by atoms with Crippen molar-refractivity contribution in [2.24, 2.45) is 0 Å². The number of β-amino-alcohol motifs (C(OH)–C–C–N with tert-alkyl or cyclic N) is 1. The van der Waals surface area contributed by atoms with Gasteiger partial charge in [-0.05, 0) is 42.0 Å². The molecule has 2 aromatic rings. The van der Waals surface area contributed by atoms with E-state index >= 15 is 0 Å². The van der Waals surface area contributed by atoms with Crippen molar-refractivity contribution < 1.29 is 14.6 Å². The lowest BCUT2D eigenvalue weighted by Gasteiger charge is -2.34. The van der Waals surface area contributed by atoms with E-state index in [1.54, 1.807) is 11.9 Å². The molecular weight excluding hydrogens is 396 g/mol. The second-order valence-electron chi connectivity index (χ2n) is 6.81. The van der Waals surface area contributed by atoms with Crippen LogP contribution in [0.1, 0.15) is 11.7 Å². The molecule has 0 amide bonds. The Balaban J connectivity index is 1.47. The van der Waals surface area contributed by atoms with E-state index < -0.39 is 6.10 Å². The zero-order valence-corrected chi connectivity index (χ0v) is 17.8. The Kier molecular flexibility index (Phi) is 7.88. The topological polar surface area (TPSA) is 45.2 Å². The van der Waals surface area contributed by atoms with Crippen LogP contribution in [0.25, 0.3) is 0 Å². The predicted octanol–water partition coefficient (Wildman–Crippen LogP) is 3.87. The molecule has 1 saturated heterocycles. The first-order chi connectivity index (χ1) is 13.5. The number of aliphatic hydroxyl groups excluding tert-OH is 1. The molecule has 1 heterocycles. The van der Waals surface area contributed by atoms with Crippen molar-refractivity contribution in [2.45, 2.75) is 12.2 Å². The van der Waals surface area contributed by atoms with Gasteiger partial charge < -0.3 is 18.9 Å². The first-order valence-corrected chi connectivity index (χ1v) is 10.9. The van der Waals surface area contributed by atoms with Gasteiger partial charge in [-0.15, -0.1) is 0 Å². The second-order valence-corrected chi connectivity index (χ2v) is 8.16. The summed E-state index contributed by atoms with van der Waals surface area (Å²) in [6.07, 6.45) is 1.44. The predicted molar refractivity (Wildman–Crippen MR) is 116 cm³/mol. The second kappa shape index (κ2) is 10.4. The van der Waals surface area contributed by atoms with Crippen LogP contribution < -0.4 is 9.04 Å². The summed E-state index contributed by atoms with van der Waals surface area (Å²) in [7, 11) is 2.02. The summed E-state index contributed by atoms with van der Waals surface area (Å²) in [5.41, 5.74) is 2.18. The summed E-state index contributed by atoms with van der Waals surface area (Å²) in [5, 5.41) is 11.1. The summed E-state index contributed by atoms with van der Waals surface area (Å²) >= 11 is 7.74. The van der Waals surface area contributed by atoms with Gasteiger partial charge in [-0.25, -0.2) is 0 Å². The van der Waals surface area contributed by atoms with Crippen molar-refractivity contribution in [1.82, 2.24) is 4.90 Å². The van der Waals surface area contributed by atoms with Crippen LogP contribution in [-0.2, 0) is 4.74 Å².